The van der Waals surface area contributed by atoms with Crippen LogP contribution >= 0.6 is 12.4 Å². The van der Waals surface area contributed by atoms with Gasteiger partial charge in [-0.2, -0.15) is 5.26 Å². The summed E-state index contributed by atoms with van der Waals surface area (Å²) in [6, 6.07) is 10.5. The fraction of sp³-hybridized carbons (Fsp3) is 0.538. The molecular formula is C26H36ClN5O. The Morgan fingerprint density at radius 1 is 1.18 bits per heavy atom. The predicted octanol–water partition coefficient (Wildman–Crippen LogP) is 5.09. The van der Waals surface area contributed by atoms with Gasteiger partial charge in [-0.1, -0.05) is 19.1 Å². The first-order valence-electron chi connectivity index (χ1n) is 11.8. The highest BCUT2D eigenvalue weighted by molar-refractivity contribution is 5.85. The second-order valence-electron chi connectivity index (χ2n) is 8.68. The molecule has 7 heteroatoms. The Balaban J connectivity index is 0.00000385. The van der Waals surface area contributed by atoms with Gasteiger partial charge in [0.15, 0.2) is 0 Å². The van der Waals surface area contributed by atoms with E-state index in [0.717, 1.165) is 62.4 Å². The molecule has 0 bridgehead atoms. The quantitative estimate of drug-likeness (QED) is 0.565. The van der Waals surface area contributed by atoms with Crippen molar-refractivity contribution < 1.29 is 4.79 Å². The van der Waals surface area contributed by atoms with Gasteiger partial charge >= 0.3 is 0 Å². The van der Waals surface area contributed by atoms with E-state index in [1.54, 1.807) is 0 Å². The average Bonchev–Trinajstić information content (AvgIpc) is 2.82. The maximum absolute atomic E-state index is 13.0. The predicted molar refractivity (Wildman–Crippen MR) is 134 cm³/mol. The summed E-state index contributed by atoms with van der Waals surface area (Å²) in [6.07, 6.45) is 2.79. The normalized spacial score (nSPS) is 17.0. The van der Waals surface area contributed by atoms with Crippen LogP contribution in [-0.2, 0) is 4.79 Å². The van der Waals surface area contributed by atoms with Gasteiger partial charge in [-0.15, -0.1) is 12.4 Å². The summed E-state index contributed by atoms with van der Waals surface area (Å²) >= 11 is 0. The van der Waals surface area contributed by atoms with Crippen molar-refractivity contribution in [1.29, 1.82) is 5.26 Å². The lowest BCUT2D eigenvalue weighted by atomic mass is 9.93. The average molecular weight is 470 g/mol. The molecule has 1 fully saturated rings. The molecular weight excluding hydrogens is 434 g/mol. The highest BCUT2D eigenvalue weighted by Gasteiger charge is 2.32. The number of hydrogen-bond acceptors (Lipinski definition) is 5. The standard InChI is InChI=1S/C26H35N5O.ClH/c1-6-24(31-13-9-10-21(17-31)26(32)30(7-2)8-3)23-15-22(28-25(16-27)29-23)20-12-11-18(4)19(5)14-20;/h11-12,14-15,21,24H,6-10,13,17H2,1-5H3;1H. The van der Waals surface area contributed by atoms with Gasteiger partial charge in [0.1, 0.15) is 6.07 Å². The van der Waals surface area contributed by atoms with E-state index in [4.69, 9.17) is 0 Å². The van der Waals surface area contributed by atoms with Gasteiger partial charge in [-0.05, 0) is 76.8 Å². The SMILES string of the molecule is CCC(c1cc(-c2ccc(C)c(C)c2)nc(C#N)n1)N1CCCC(C(=O)N(CC)CC)C1.Cl. The molecule has 2 aromatic rings. The zero-order valence-electron chi connectivity index (χ0n) is 20.5. The maximum Gasteiger partial charge on any atom is 0.233 e. The first kappa shape index (κ1) is 26.8. The number of piperidine rings is 1. The van der Waals surface area contributed by atoms with Crippen molar-refractivity contribution in [3.8, 4) is 17.3 Å². The number of carbonyl (C=O) groups excluding carboxylic acids is 1. The Kier molecular flexibility index (Phi) is 9.82. The number of carbonyl (C=O) groups is 1. The minimum Gasteiger partial charge on any atom is -0.343 e. The first-order valence-corrected chi connectivity index (χ1v) is 11.8. The summed E-state index contributed by atoms with van der Waals surface area (Å²) in [5, 5.41) is 9.59. The Hall–Kier alpha value is -2.49. The zero-order chi connectivity index (χ0) is 23.3. The Morgan fingerprint density at radius 2 is 1.91 bits per heavy atom. The largest absolute Gasteiger partial charge is 0.343 e. The third kappa shape index (κ3) is 6.10. The lowest BCUT2D eigenvalue weighted by molar-refractivity contribution is -0.137. The summed E-state index contributed by atoms with van der Waals surface area (Å²) in [7, 11) is 0. The van der Waals surface area contributed by atoms with Gasteiger partial charge in [-0.25, -0.2) is 9.97 Å². The summed E-state index contributed by atoms with van der Waals surface area (Å²) in [4.78, 5) is 26.4. The molecule has 6 nitrogen and oxygen atoms in total. The Labute approximate surface area is 204 Å². The van der Waals surface area contributed by atoms with E-state index in [0.29, 0.717) is 0 Å². The number of benzene rings is 1. The van der Waals surface area contributed by atoms with Crippen molar-refractivity contribution in [2.45, 2.75) is 59.9 Å². The molecule has 2 unspecified atom stereocenters. The van der Waals surface area contributed by atoms with E-state index in [1.807, 2.05) is 24.8 Å². The van der Waals surface area contributed by atoms with Crippen LogP contribution in [-0.4, -0.2) is 51.9 Å². The molecule has 1 aromatic heterocycles. The number of likely N-dealkylation sites (tertiary alicyclic amines) is 1. The van der Waals surface area contributed by atoms with E-state index < -0.39 is 0 Å². The maximum atomic E-state index is 13.0. The van der Waals surface area contributed by atoms with Crippen LogP contribution < -0.4 is 0 Å². The van der Waals surface area contributed by atoms with Crippen LogP contribution in [0.1, 0.15) is 68.7 Å². The highest BCUT2D eigenvalue weighted by atomic mass is 35.5. The molecule has 1 amide bonds. The number of aromatic nitrogens is 2. The number of halogens is 1. The molecule has 0 spiro atoms. The lowest BCUT2D eigenvalue weighted by Gasteiger charge is -2.38. The second-order valence-corrected chi connectivity index (χ2v) is 8.68. The number of aryl methyl sites for hydroxylation is 2. The third-order valence-electron chi connectivity index (χ3n) is 6.69. The summed E-state index contributed by atoms with van der Waals surface area (Å²) < 4.78 is 0. The van der Waals surface area contributed by atoms with Crippen LogP contribution in [0, 0.1) is 31.1 Å². The van der Waals surface area contributed by atoms with Gasteiger partial charge in [-0.3, -0.25) is 9.69 Å². The summed E-state index contributed by atoms with van der Waals surface area (Å²) in [6.45, 7) is 13.6. The van der Waals surface area contributed by atoms with Crippen LogP contribution in [0.25, 0.3) is 11.3 Å². The lowest BCUT2D eigenvalue weighted by Crippen LogP contribution is -2.46. The minimum absolute atomic E-state index is 0. The molecule has 2 atom stereocenters. The summed E-state index contributed by atoms with van der Waals surface area (Å²) in [5.74, 6) is 0.474. The fourth-order valence-corrected chi connectivity index (χ4v) is 4.67. The van der Waals surface area contributed by atoms with Gasteiger partial charge in [0.2, 0.25) is 11.7 Å². The van der Waals surface area contributed by atoms with Crippen molar-refractivity contribution in [3.05, 3.63) is 46.9 Å². The van der Waals surface area contributed by atoms with Crippen molar-refractivity contribution in [3.63, 3.8) is 0 Å². The second kappa shape index (κ2) is 12.1. The molecule has 1 aromatic carbocycles. The summed E-state index contributed by atoms with van der Waals surface area (Å²) in [5.41, 5.74) is 5.06. The van der Waals surface area contributed by atoms with Crippen molar-refractivity contribution >= 4 is 18.3 Å². The van der Waals surface area contributed by atoms with Crippen LogP contribution in [0.5, 0.6) is 0 Å². The molecule has 0 N–H and O–H groups in total. The minimum atomic E-state index is 0. The van der Waals surface area contributed by atoms with Gasteiger partial charge in [0, 0.05) is 25.2 Å². The van der Waals surface area contributed by atoms with Crippen molar-refractivity contribution in [2.75, 3.05) is 26.2 Å². The molecule has 33 heavy (non-hydrogen) atoms. The van der Waals surface area contributed by atoms with Crippen molar-refractivity contribution in [1.82, 2.24) is 19.8 Å². The zero-order valence-corrected chi connectivity index (χ0v) is 21.3. The fourth-order valence-electron chi connectivity index (χ4n) is 4.67. The molecule has 178 valence electrons. The molecule has 0 saturated carbocycles. The Bertz CT molecular complexity index is 999. The number of amides is 1. The number of hydrogen-bond donors (Lipinski definition) is 0. The third-order valence-corrected chi connectivity index (χ3v) is 6.69. The smallest absolute Gasteiger partial charge is 0.233 e. The molecule has 1 aliphatic rings. The van der Waals surface area contributed by atoms with Gasteiger partial charge < -0.3 is 4.90 Å². The molecule has 0 radical (unpaired) electrons. The van der Waals surface area contributed by atoms with Crippen LogP contribution in [0.2, 0.25) is 0 Å². The number of nitrogens with zero attached hydrogens (tertiary/aromatic N) is 5. The number of rotatable bonds is 7. The van der Waals surface area contributed by atoms with Crippen molar-refractivity contribution in [2.24, 2.45) is 5.92 Å². The molecule has 0 aliphatic carbocycles. The van der Waals surface area contributed by atoms with Crippen LogP contribution in [0.3, 0.4) is 0 Å². The van der Waals surface area contributed by atoms with E-state index in [2.05, 4.69) is 59.9 Å². The molecule has 3 rings (SSSR count). The van der Waals surface area contributed by atoms with Gasteiger partial charge in [0.05, 0.1) is 23.3 Å². The van der Waals surface area contributed by atoms with E-state index in [1.165, 1.54) is 11.1 Å². The van der Waals surface area contributed by atoms with E-state index in [-0.39, 0.29) is 36.1 Å². The molecule has 2 heterocycles. The van der Waals surface area contributed by atoms with Crippen LogP contribution in [0.15, 0.2) is 24.3 Å². The number of nitriles is 1. The van der Waals surface area contributed by atoms with Crippen LogP contribution in [0.4, 0.5) is 0 Å². The first-order chi connectivity index (χ1) is 15.4. The molecule has 1 aliphatic heterocycles. The van der Waals surface area contributed by atoms with E-state index >= 15 is 0 Å². The van der Waals surface area contributed by atoms with Gasteiger partial charge in [0.25, 0.3) is 0 Å². The van der Waals surface area contributed by atoms with E-state index in [9.17, 15) is 10.1 Å². The topological polar surface area (TPSA) is 73.1 Å². The monoisotopic (exact) mass is 469 g/mol. The highest BCUT2D eigenvalue weighted by Crippen LogP contribution is 2.31. The molecule has 1 saturated heterocycles. The Morgan fingerprint density at radius 3 is 2.52 bits per heavy atom.